The van der Waals surface area contributed by atoms with Crippen LogP contribution in [0.2, 0.25) is 0 Å². The van der Waals surface area contributed by atoms with Gasteiger partial charge in [-0.2, -0.15) is 0 Å². The van der Waals surface area contributed by atoms with Crippen LogP contribution in [0.3, 0.4) is 0 Å². The number of halogens is 1. The standard InChI is InChI=1S/C20H21BrO5/c21-17-8-6-14(7-9-17)11-24-13-18-16(10-19(22)26-18)12-25-20(23)15-4-2-1-3-5-15/h1-9,16,18-19,22H,10-13H2/t16-,18+,19?/m1/s1. The zero-order valence-corrected chi connectivity index (χ0v) is 15.8. The van der Waals surface area contributed by atoms with E-state index < -0.39 is 6.29 Å². The quantitative estimate of drug-likeness (QED) is 0.693. The van der Waals surface area contributed by atoms with Gasteiger partial charge in [0.15, 0.2) is 6.29 Å². The minimum Gasteiger partial charge on any atom is -0.462 e. The lowest BCUT2D eigenvalue weighted by atomic mass is 10.0. The van der Waals surface area contributed by atoms with Crippen LogP contribution in [0, 0.1) is 5.92 Å². The van der Waals surface area contributed by atoms with Gasteiger partial charge in [-0.1, -0.05) is 46.3 Å². The van der Waals surface area contributed by atoms with E-state index in [0.717, 1.165) is 10.0 Å². The van der Waals surface area contributed by atoms with Gasteiger partial charge in [-0.05, 0) is 29.8 Å². The molecule has 1 aliphatic rings. The van der Waals surface area contributed by atoms with E-state index >= 15 is 0 Å². The van der Waals surface area contributed by atoms with Gasteiger partial charge >= 0.3 is 5.97 Å². The molecular formula is C20H21BrO5. The average Bonchev–Trinajstić information content (AvgIpc) is 3.01. The Morgan fingerprint density at radius 3 is 2.58 bits per heavy atom. The Hall–Kier alpha value is -1.73. The Balaban J connectivity index is 1.47. The van der Waals surface area contributed by atoms with E-state index in [2.05, 4.69) is 15.9 Å². The summed E-state index contributed by atoms with van der Waals surface area (Å²) in [6.45, 7) is 0.984. The largest absolute Gasteiger partial charge is 0.462 e. The second kappa shape index (κ2) is 9.28. The number of esters is 1. The fourth-order valence-electron chi connectivity index (χ4n) is 2.84. The summed E-state index contributed by atoms with van der Waals surface area (Å²) in [4.78, 5) is 12.1. The van der Waals surface area contributed by atoms with E-state index in [9.17, 15) is 9.90 Å². The molecule has 0 bridgehead atoms. The van der Waals surface area contributed by atoms with Crippen molar-refractivity contribution in [1.82, 2.24) is 0 Å². The molecule has 3 rings (SSSR count). The Kier molecular flexibility index (Phi) is 6.80. The molecule has 26 heavy (non-hydrogen) atoms. The maximum atomic E-state index is 12.1. The molecule has 6 heteroatoms. The van der Waals surface area contributed by atoms with Gasteiger partial charge in [0, 0.05) is 16.8 Å². The first kappa shape index (κ1) is 19.0. The summed E-state index contributed by atoms with van der Waals surface area (Å²) in [6, 6.07) is 16.7. The molecule has 138 valence electrons. The highest BCUT2D eigenvalue weighted by molar-refractivity contribution is 9.10. The molecule has 3 atom stereocenters. The third-order valence-electron chi connectivity index (χ3n) is 4.26. The van der Waals surface area contributed by atoms with Gasteiger partial charge in [-0.3, -0.25) is 0 Å². The first-order valence-electron chi connectivity index (χ1n) is 8.49. The molecule has 0 saturated carbocycles. The van der Waals surface area contributed by atoms with Crippen LogP contribution in [0.25, 0.3) is 0 Å². The van der Waals surface area contributed by atoms with Gasteiger partial charge < -0.3 is 19.3 Å². The highest BCUT2D eigenvalue weighted by atomic mass is 79.9. The molecular weight excluding hydrogens is 400 g/mol. The maximum absolute atomic E-state index is 12.1. The van der Waals surface area contributed by atoms with Crippen molar-refractivity contribution in [2.24, 2.45) is 5.92 Å². The van der Waals surface area contributed by atoms with Crippen LogP contribution in [-0.2, 0) is 20.8 Å². The summed E-state index contributed by atoms with van der Waals surface area (Å²) < 4.78 is 17.6. The van der Waals surface area contributed by atoms with Crippen molar-refractivity contribution in [3.8, 4) is 0 Å². The summed E-state index contributed by atoms with van der Waals surface area (Å²) in [5, 5.41) is 9.78. The number of carbonyl (C=O) groups is 1. The van der Waals surface area contributed by atoms with Gasteiger partial charge in [-0.25, -0.2) is 4.79 Å². The molecule has 5 nitrogen and oxygen atoms in total. The number of rotatable bonds is 7. The molecule has 1 N–H and O–H groups in total. The van der Waals surface area contributed by atoms with Crippen molar-refractivity contribution >= 4 is 21.9 Å². The van der Waals surface area contributed by atoms with E-state index in [1.807, 2.05) is 30.3 Å². The van der Waals surface area contributed by atoms with Gasteiger partial charge in [-0.15, -0.1) is 0 Å². The van der Waals surface area contributed by atoms with E-state index in [-0.39, 0.29) is 24.6 Å². The third-order valence-corrected chi connectivity index (χ3v) is 4.79. The number of hydrogen-bond acceptors (Lipinski definition) is 5. The minimum atomic E-state index is -0.850. The van der Waals surface area contributed by atoms with E-state index in [1.54, 1.807) is 24.3 Å². The highest BCUT2D eigenvalue weighted by Crippen LogP contribution is 2.26. The molecule has 2 aromatic carbocycles. The lowest BCUT2D eigenvalue weighted by Gasteiger charge is -2.18. The third kappa shape index (κ3) is 5.38. The second-order valence-electron chi connectivity index (χ2n) is 6.23. The smallest absolute Gasteiger partial charge is 0.338 e. The highest BCUT2D eigenvalue weighted by Gasteiger charge is 2.35. The van der Waals surface area contributed by atoms with Crippen molar-refractivity contribution < 1.29 is 24.1 Å². The van der Waals surface area contributed by atoms with Gasteiger partial charge in [0.25, 0.3) is 0 Å². The summed E-state index contributed by atoms with van der Waals surface area (Å²) in [6.07, 6.45) is -0.727. The van der Waals surface area contributed by atoms with E-state index in [0.29, 0.717) is 25.2 Å². The van der Waals surface area contributed by atoms with Crippen LogP contribution in [-0.4, -0.2) is 36.7 Å². The van der Waals surface area contributed by atoms with Crippen LogP contribution in [0.4, 0.5) is 0 Å². The minimum absolute atomic E-state index is 0.0948. The maximum Gasteiger partial charge on any atom is 0.338 e. The number of benzene rings is 2. The molecule has 1 aliphatic heterocycles. The molecule has 1 heterocycles. The second-order valence-corrected chi connectivity index (χ2v) is 7.15. The molecule has 1 fully saturated rings. The lowest BCUT2D eigenvalue weighted by molar-refractivity contribution is -0.114. The fraction of sp³-hybridized carbons (Fsp3) is 0.350. The summed E-state index contributed by atoms with van der Waals surface area (Å²) >= 11 is 3.40. The lowest BCUT2D eigenvalue weighted by Crippen LogP contribution is -2.27. The summed E-state index contributed by atoms with van der Waals surface area (Å²) in [7, 11) is 0. The van der Waals surface area contributed by atoms with E-state index in [1.165, 1.54) is 0 Å². The predicted octanol–water partition coefficient (Wildman–Crippen LogP) is 3.55. The molecule has 0 amide bonds. The summed E-state index contributed by atoms with van der Waals surface area (Å²) in [5.41, 5.74) is 1.56. The zero-order valence-electron chi connectivity index (χ0n) is 14.2. The van der Waals surface area contributed by atoms with Crippen molar-refractivity contribution in [1.29, 1.82) is 0 Å². The van der Waals surface area contributed by atoms with Gasteiger partial charge in [0.1, 0.15) is 0 Å². The van der Waals surface area contributed by atoms with Gasteiger partial charge in [0.05, 0.1) is 31.5 Å². The van der Waals surface area contributed by atoms with Crippen molar-refractivity contribution in [3.05, 3.63) is 70.2 Å². The first-order chi connectivity index (χ1) is 12.6. The van der Waals surface area contributed by atoms with Crippen molar-refractivity contribution in [2.75, 3.05) is 13.2 Å². The Morgan fingerprint density at radius 1 is 1.12 bits per heavy atom. The molecule has 1 saturated heterocycles. The fourth-order valence-corrected chi connectivity index (χ4v) is 3.11. The molecule has 2 aromatic rings. The Bertz CT molecular complexity index is 704. The first-order valence-corrected chi connectivity index (χ1v) is 9.29. The molecule has 0 aromatic heterocycles. The molecule has 0 radical (unpaired) electrons. The summed E-state index contributed by atoms with van der Waals surface area (Å²) in [5.74, 6) is -0.468. The topological polar surface area (TPSA) is 65.0 Å². The van der Waals surface area contributed by atoms with Crippen LogP contribution in [0.5, 0.6) is 0 Å². The van der Waals surface area contributed by atoms with Crippen LogP contribution >= 0.6 is 15.9 Å². The number of aliphatic hydroxyl groups is 1. The number of carbonyl (C=O) groups excluding carboxylic acids is 1. The molecule has 0 aliphatic carbocycles. The predicted molar refractivity (Wildman–Crippen MR) is 99.5 cm³/mol. The van der Waals surface area contributed by atoms with Crippen LogP contribution in [0.1, 0.15) is 22.3 Å². The average molecular weight is 421 g/mol. The Labute approximate surface area is 161 Å². The SMILES string of the molecule is O=C(OC[C@H]1CC(O)O[C@H]1COCc1ccc(Br)cc1)c1ccccc1. The van der Waals surface area contributed by atoms with Crippen LogP contribution < -0.4 is 0 Å². The number of aliphatic hydroxyl groups excluding tert-OH is 1. The molecule has 0 spiro atoms. The number of hydrogen-bond donors (Lipinski definition) is 1. The molecule has 1 unspecified atom stereocenters. The van der Waals surface area contributed by atoms with Crippen molar-refractivity contribution in [2.45, 2.75) is 25.4 Å². The van der Waals surface area contributed by atoms with Gasteiger partial charge in [0.2, 0.25) is 0 Å². The Morgan fingerprint density at radius 2 is 1.85 bits per heavy atom. The zero-order chi connectivity index (χ0) is 18.4. The monoisotopic (exact) mass is 420 g/mol. The van der Waals surface area contributed by atoms with Crippen molar-refractivity contribution in [3.63, 3.8) is 0 Å². The number of ether oxygens (including phenoxy) is 3. The van der Waals surface area contributed by atoms with Crippen LogP contribution in [0.15, 0.2) is 59.1 Å². The van der Waals surface area contributed by atoms with E-state index in [4.69, 9.17) is 14.2 Å². The normalized spacial score (nSPS) is 22.3.